The summed E-state index contributed by atoms with van der Waals surface area (Å²) < 4.78 is 13.8. The predicted octanol–water partition coefficient (Wildman–Crippen LogP) is 2.58. The number of ketones is 1. The lowest BCUT2D eigenvalue weighted by atomic mass is 10.0. The highest BCUT2D eigenvalue weighted by atomic mass is 19.1. The van der Waals surface area contributed by atoms with Crippen molar-refractivity contribution in [1.82, 2.24) is 4.90 Å². The smallest absolute Gasteiger partial charge is 0.157 e. The fourth-order valence-electron chi connectivity index (χ4n) is 2.97. The van der Waals surface area contributed by atoms with E-state index in [0.717, 1.165) is 44.7 Å². The Morgan fingerprint density at radius 3 is 2.35 bits per heavy atom. The zero-order chi connectivity index (χ0) is 13.9. The third kappa shape index (κ3) is 2.69. The molecule has 0 saturated carbocycles. The molecule has 1 heterocycles. The van der Waals surface area contributed by atoms with Crippen LogP contribution < -0.4 is 4.90 Å². The van der Waals surface area contributed by atoms with Crippen LogP contribution in [0.3, 0.4) is 0 Å². The van der Waals surface area contributed by atoms with Crippen molar-refractivity contribution in [3.63, 3.8) is 0 Å². The molecule has 0 atom stereocenters. The van der Waals surface area contributed by atoms with Crippen molar-refractivity contribution in [2.75, 3.05) is 31.1 Å². The van der Waals surface area contributed by atoms with Crippen LogP contribution in [0.25, 0.3) is 0 Å². The van der Waals surface area contributed by atoms with E-state index in [4.69, 9.17) is 0 Å². The van der Waals surface area contributed by atoms with E-state index in [9.17, 15) is 9.18 Å². The molecular formula is C16H19FN2O. The quantitative estimate of drug-likeness (QED) is 0.828. The van der Waals surface area contributed by atoms with Gasteiger partial charge in [0.05, 0.1) is 5.69 Å². The van der Waals surface area contributed by atoms with Crippen LogP contribution >= 0.6 is 0 Å². The molecule has 0 N–H and O–H groups in total. The summed E-state index contributed by atoms with van der Waals surface area (Å²) in [6, 6.07) is 6.92. The van der Waals surface area contributed by atoms with Gasteiger partial charge in [-0.15, -0.1) is 0 Å². The molecule has 0 radical (unpaired) electrons. The summed E-state index contributed by atoms with van der Waals surface area (Å²) in [7, 11) is 0. The molecule has 1 aromatic carbocycles. The molecular weight excluding hydrogens is 255 g/mol. The summed E-state index contributed by atoms with van der Waals surface area (Å²) in [5.41, 5.74) is 1.84. The van der Waals surface area contributed by atoms with Crippen LogP contribution in [-0.2, 0) is 4.79 Å². The number of carbonyl (C=O) groups is 1. The molecule has 0 unspecified atom stereocenters. The van der Waals surface area contributed by atoms with Crippen molar-refractivity contribution >= 4 is 11.5 Å². The van der Waals surface area contributed by atoms with Gasteiger partial charge in [-0.1, -0.05) is 12.1 Å². The van der Waals surface area contributed by atoms with Crippen LogP contribution in [0.5, 0.6) is 0 Å². The van der Waals surface area contributed by atoms with Crippen LogP contribution in [0.4, 0.5) is 10.1 Å². The summed E-state index contributed by atoms with van der Waals surface area (Å²) in [6.45, 7) is 3.31. The molecule has 4 heteroatoms. The van der Waals surface area contributed by atoms with Crippen molar-refractivity contribution in [2.45, 2.75) is 19.3 Å². The highest BCUT2D eigenvalue weighted by Gasteiger charge is 2.22. The molecule has 3 rings (SSSR count). The third-order valence-electron chi connectivity index (χ3n) is 4.06. The number of carbonyl (C=O) groups excluding carboxylic acids is 1. The van der Waals surface area contributed by atoms with Crippen molar-refractivity contribution in [3.05, 3.63) is 41.9 Å². The van der Waals surface area contributed by atoms with Gasteiger partial charge in [-0.3, -0.25) is 4.79 Å². The lowest BCUT2D eigenvalue weighted by Crippen LogP contribution is -2.46. The fraction of sp³-hybridized carbons (Fsp3) is 0.438. The van der Waals surface area contributed by atoms with Crippen molar-refractivity contribution < 1.29 is 9.18 Å². The molecule has 2 aliphatic rings. The monoisotopic (exact) mass is 274 g/mol. The molecule has 0 spiro atoms. The van der Waals surface area contributed by atoms with Gasteiger partial charge in [-0.25, -0.2) is 4.39 Å². The number of nitrogens with zero attached hydrogens (tertiary/aromatic N) is 2. The number of halogens is 1. The molecule has 106 valence electrons. The summed E-state index contributed by atoms with van der Waals surface area (Å²) in [5.74, 6) is 0.0794. The largest absolute Gasteiger partial charge is 0.371 e. The molecule has 0 aromatic heterocycles. The Balaban J connectivity index is 1.65. The van der Waals surface area contributed by atoms with E-state index >= 15 is 0 Å². The van der Waals surface area contributed by atoms with Gasteiger partial charge in [0.1, 0.15) is 5.82 Å². The molecule has 20 heavy (non-hydrogen) atoms. The van der Waals surface area contributed by atoms with Gasteiger partial charge in [0.25, 0.3) is 0 Å². The van der Waals surface area contributed by atoms with Crippen molar-refractivity contribution in [2.24, 2.45) is 0 Å². The number of benzene rings is 1. The van der Waals surface area contributed by atoms with Gasteiger partial charge in [-0.05, 0) is 25.0 Å². The van der Waals surface area contributed by atoms with E-state index in [1.165, 1.54) is 6.07 Å². The van der Waals surface area contributed by atoms with Crippen LogP contribution in [0.1, 0.15) is 19.3 Å². The summed E-state index contributed by atoms with van der Waals surface area (Å²) in [4.78, 5) is 15.8. The second-order valence-corrected chi connectivity index (χ2v) is 5.38. The van der Waals surface area contributed by atoms with E-state index in [1.54, 1.807) is 12.1 Å². The standard InChI is InChI=1S/C16H19FN2O/c17-15-6-1-2-7-16(15)19-10-8-18(9-11-19)13-4-3-5-14(20)12-13/h1-2,6-7,12H,3-5,8-11H2. The highest BCUT2D eigenvalue weighted by molar-refractivity contribution is 5.91. The summed E-state index contributed by atoms with van der Waals surface area (Å²) in [6.07, 6.45) is 4.42. The van der Waals surface area contributed by atoms with Crippen LogP contribution in [0.2, 0.25) is 0 Å². The van der Waals surface area contributed by atoms with Gasteiger partial charge in [-0.2, -0.15) is 0 Å². The first-order valence-electron chi connectivity index (χ1n) is 7.22. The van der Waals surface area contributed by atoms with E-state index in [-0.39, 0.29) is 11.6 Å². The molecule has 0 bridgehead atoms. The number of hydrogen-bond donors (Lipinski definition) is 0. The Bertz CT molecular complexity index is 533. The van der Waals surface area contributed by atoms with E-state index in [2.05, 4.69) is 9.80 Å². The lowest BCUT2D eigenvalue weighted by molar-refractivity contribution is -0.115. The maximum Gasteiger partial charge on any atom is 0.157 e. The summed E-state index contributed by atoms with van der Waals surface area (Å²) >= 11 is 0. The first-order chi connectivity index (χ1) is 9.74. The van der Waals surface area contributed by atoms with Gasteiger partial charge in [0, 0.05) is 44.4 Å². The minimum absolute atomic E-state index is 0.159. The molecule has 0 amide bonds. The maximum atomic E-state index is 13.8. The number of anilines is 1. The highest BCUT2D eigenvalue weighted by Crippen LogP contribution is 2.24. The normalized spacial score (nSPS) is 20.1. The SMILES string of the molecule is O=C1C=C(N2CCN(c3ccccc3F)CC2)CCC1. The first kappa shape index (κ1) is 13.2. The zero-order valence-electron chi connectivity index (χ0n) is 11.5. The number of rotatable bonds is 2. The predicted molar refractivity (Wildman–Crippen MR) is 77.1 cm³/mol. The topological polar surface area (TPSA) is 23.6 Å². The summed E-state index contributed by atoms with van der Waals surface area (Å²) in [5, 5.41) is 0. The lowest BCUT2D eigenvalue weighted by Gasteiger charge is -2.39. The Kier molecular flexibility index (Phi) is 3.72. The van der Waals surface area contributed by atoms with Gasteiger partial charge < -0.3 is 9.80 Å². The number of allylic oxidation sites excluding steroid dienone is 2. The van der Waals surface area contributed by atoms with Gasteiger partial charge in [0.15, 0.2) is 5.78 Å². The Hall–Kier alpha value is -1.84. The third-order valence-corrected chi connectivity index (χ3v) is 4.06. The van der Waals surface area contributed by atoms with Gasteiger partial charge >= 0.3 is 0 Å². The van der Waals surface area contributed by atoms with E-state index in [1.807, 2.05) is 12.1 Å². The Morgan fingerprint density at radius 2 is 1.65 bits per heavy atom. The fourth-order valence-corrected chi connectivity index (χ4v) is 2.97. The van der Waals surface area contributed by atoms with Crippen LogP contribution in [0.15, 0.2) is 36.0 Å². The number of para-hydroxylation sites is 1. The zero-order valence-corrected chi connectivity index (χ0v) is 11.5. The number of piperazine rings is 1. The maximum absolute atomic E-state index is 13.8. The Labute approximate surface area is 118 Å². The van der Waals surface area contributed by atoms with Crippen molar-refractivity contribution in [1.29, 1.82) is 0 Å². The average Bonchev–Trinajstić information content (AvgIpc) is 2.48. The van der Waals surface area contributed by atoms with Crippen molar-refractivity contribution in [3.8, 4) is 0 Å². The molecule has 1 saturated heterocycles. The van der Waals surface area contributed by atoms with Gasteiger partial charge in [0.2, 0.25) is 0 Å². The van der Waals surface area contributed by atoms with E-state index in [0.29, 0.717) is 12.1 Å². The Morgan fingerprint density at radius 1 is 0.950 bits per heavy atom. The molecule has 1 aliphatic heterocycles. The van der Waals surface area contributed by atoms with Crippen LogP contribution in [0, 0.1) is 5.82 Å². The second kappa shape index (κ2) is 5.65. The molecule has 1 aromatic rings. The second-order valence-electron chi connectivity index (χ2n) is 5.38. The van der Waals surface area contributed by atoms with E-state index < -0.39 is 0 Å². The van der Waals surface area contributed by atoms with Crippen LogP contribution in [-0.4, -0.2) is 36.9 Å². The molecule has 3 nitrogen and oxygen atoms in total. The number of hydrogen-bond acceptors (Lipinski definition) is 3. The molecule has 1 aliphatic carbocycles. The first-order valence-corrected chi connectivity index (χ1v) is 7.22. The minimum Gasteiger partial charge on any atom is -0.371 e. The average molecular weight is 274 g/mol. The minimum atomic E-state index is -0.159. The molecule has 1 fully saturated rings.